The minimum Gasteiger partial charge on any atom is -0.354 e. The quantitative estimate of drug-likeness (QED) is 0.651. The molecule has 0 amide bonds. The number of fused-ring (bicyclic) bond motifs is 1. The maximum absolute atomic E-state index is 4.21. The van der Waals surface area contributed by atoms with Crippen molar-refractivity contribution in [3.05, 3.63) is 54.4 Å². The molecule has 2 heteroatoms. The fourth-order valence-corrected chi connectivity index (χ4v) is 1.93. The average Bonchev–Trinajstić information content (AvgIpc) is 2.72. The Bertz CT molecular complexity index is 605. The molecule has 0 saturated carbocycles. The monoisotopic (exact) mass is 208 g/mol. The molecule has 2 aromatic heterocycles. The van der Waals surface area contributed by atoms with Gasteiger partial charge in [-0.15, -0.1) is 0 Å². The minimum absolute atomic E-state index is 1.12. The molecule has 16 heavy (non-hydrogen) atoms. The maximum Gasteiger partial charge on any atom is 0.0480 e. The number of benzene rings is 1. The number of para-hydroxylation sites is 1. The van der Waals surface area contributed by atoms with Crippen molar-refractivity contribution in [1.29, 1.82) is 0 Å². The number of aryl methyl sites for hydroxylation is 1. The molecule has 0 atom stereocenters. The molecule has 0 radical (unpaired) electrons. The Hall–Kier alpha value is -2.09. The molecule has 2 nitrogen and oxygen atoms in total. The van der Waals surface area contributed by atoms with Crippen LogP contribution in [0.2, 0.25) is 0 Å². The maximum atomic E-state index is 4.21. The number of hydrogen-bond donors (Lipinski definition) is 1. The third kappa shape index (κ3) is 1.48. The van der Waals surface area contributed by atoms with E-state index in [-0.39, 0.29) is 0 Å². The number of pyridine rings is 1. The highest BCUT2D eigenvalue weighted by molar-refractivity contribution is 5.85. The summed E-state index contributed by atoms with van der Waals surface area (Å²) in [6, 6.07) is 12.6. The Labute approximate surface area is 94.0 Å². The third-order valence-electron chi connectivity index (χ3n) is 2.72. The first-order valence-electron chi connectivity index (χ1n) is 5.33. The van der Waals surface area contributed by atoms with Gasteiger partial charge in [0.25, 0.3) is 0 Å². The van der Waals surface area contributed by atoms with Gasteiger partial charge >= 0.3 is 0 Å². The summed E-state index contributed by atoms with van der Waals surface area (Å²) >= 11 is 0. The number of hydrogen-bond acceptors (Lipinski definition) is 1. The number of rotatable bonds is 1. The van der Waals surface area contributed by atoms with Gasteiger partial charge in [0, 0.05) is 34.6 Å². The van der Waals surface area contributed by atoms with Crippen molar-refractivity contribution in [2.45, 2.75) is 6.92 Å². The van der Waals surface area contributed by atoms with Crippen LogP contribution in [0, 0.1) is 6.92 Å². The van der Waals surface area contributed by atoms with E-state index >= 15 is 0 Å². The van der Waals surface area contributed by atoms with Crippen molar-refractivity contribution in [2.75, 3.05) is 0 Å². The van der Waals surface area contributed by atoms with Crippen molar-refractivity contribution < 1.29 is 0 Å². The predicted octanol–water partition coefficient (Wildman–Crippen LogP) is 3.54. The summed E-state index contributed by atoms with van der Waals surface area (Å²) in [7, 11) is 0. The number of nitrogens with one attached hydrogen (secondary N) is 1. The third-order valence-corrected chi connectivity index (χ3v) is 2.72. The van der Waals surface area contributed by atoms with Gasteiger partial charge in [-0.05, 0) is 30.7 Å². The Morgan fingerprint density at radius 3 is 2.75 bits per heavy atom. The molecule has 1 N–H and O–H groups in total. The normalized spacial score (nSPS) is 10.8. The van der Waals surface area contributed by atoms with E-state index in [2.05, 4.69) is 47.2 Å². The standard InChI is InChI=1S/C14H12N2/c1-10-6-12(9-15-8-10)14-7-11-4-2-3-5-13(11)16-14/h2-9,16H,1H3. The number of aromatic nitrogens is 2. The van der Waals surface area contributed by atoms with E-state index in [1.54, 1.807) is 0 Å². The van der Waals surface area contributed by atoms with Crippen LogP contribution >= 0.6 is 0 Å². The van der Waals surface area contributed by atoms with Crippen molar-refractivity contribution in [2.24, 2.45) is 0 Å². The molecule has 3 aromatic rings. The second-order valence-corrected chi connectivity index (χ2v) is 4.02. The summed E-state index contributed by atoms with van der Waals surface area (Å²) in [6.07, 6.45) is 3.75. The number of H-pyrrole nitrogens is 1. The molecule has 0 saturated heterocycles. The van der Waals surface area contributed by atoms with Crippen LogP contribution in [0.25, 0.3) is 22.2 Å². The number of nitrogens with zero attached hydrogens (tertiary/aromatic N) is 1. The molecular weight excluding hydrogens is 196 g/mol. The van der Waals surface area contributed by atoms with E-state index in [0.717, 1.165) is 11.3 Å². The average molecular weight is 208 g/mol. The van der Waals surface area contributed by atoms with Crippen LogP contribution in [0.1, 0.15) is 5.56 Å². The van der Waals surface area contributed by atoms with E-state index in [0.29, 0.717) is 0 Å². The van der Waals surface area contributed by atoms with Crippen LogP contribution < -0.4 is 0 Å². The van der Waals surface area contributed by atoms with Gasteiger partial charge in [0.1, 0.15) is 0 Å². The van der Waals surface area contributed by atoms with Gasteiger partial charge in [0.2, 0.25) is 0 Å². The van der Waals surface area contributed by atoms with Gasteiger partial charge in [0.15, 0.2) is 0 Å². The summed E-state index contributed by atoms with van der Waals surface area (Å²) in [5.41, 5.74) is 4.60. The Morgan fingerprint density at radius 1 is 1.06 bits per heavy atom. The summed E-state index contributed by atoms with van der Waals surface area (Å²) in [6.45, 7) is 2.05. The molecule has 0 unspecified atom stereocenters. The first-order valence-corrected chi connectivity index (χ1v) is 5.33. The predicted molar refractivity (Wildman–Crippen MR) is 66.3 cm³/mol. The summed E-state index contributed by atoms with van der Waals surface area (Å²) in [5, 5.41) is 1.24. The molecule has 0 aliphatic rings. The highest BCUT2D eigenvalue weighted by atomic mass is 14.7. The van der Waals surface area contributed by atoms with Gasteiger partial charge in [-0.25, -0.2) is 0 Å². The molecule has 2 heterocycles. The molecule has 1 aromatic carbocycles. The van der Waals surface area contributed by atoms with E-state index in [9.17, 15) is 0 Å². The molecule has 78 valence electrons. The van der Waals surface area contributed by atoms with Gasteiger partial charge < -0.3 is 4.98 Å². The second-order valence-electron chi connectivity index (χ2n) is 4.02. The van der Waals surface area contributed by atoms with Gasteiger partial charge in [0.05, 0.1) is 0 Å². The summed E-state index contributed by atoms with van der Waals surface area (Å²) < 4.78 is 0. The lowest BCUT2D eigenvalue weighted by Gasteiger charge is -1.97. The van der Waals surface area contributed by atoms with Crippen molar-refractivity contribution >= 4 is 10.9 Å². The van der Waals surface area contributed by atoms with Gasteiger partial charge in [-0.3, -0.25) is 4.98 Å². The zero-order valence-corrected chi connectivity index (χ0v) is 9.07. The first-order chi connectivity index (χ1) is 7.83. The highest BCUT2D eigenvalue weighted by Crippen LogP contribution is 2.23. The van der Waals surface area contributed by atoms with E-state index in [1.165, 1.54) is 16.5 Å². The molecular formula is C14H12N2. The zero-order valence-electron chi connectivity index (χ0n) is 9.07. The van der Waals surface area contributed by atoms with Gasteiger partial charge in [-0.2, -0.15) is 0 Å². The summed E-state index contributed by atoms with van der Waals surface area (Å²) in [4.78, 5) is 7.61. The second kappa shape index (κ2) is 3.49. The van der Waals surface area contributed by atoms with E-state index < -0.39 is 0 Å². The van der Waals surface area contributed by atoms with Crippen molar-refractivity contribution in [3.8, 4) is 11.3 Å². The van der Waals surface area contributed by atoms with Crippen LogP contribution in [0.4, 0.5) is 0 Å². The fourth-order valence-electron chi connectivity index (χ4n) is 1.93. The Balaban J connectivity index is 2.19. The minimum atomic E-state index is 1.12. The van der Waals surface area contributed by atoms with Crippen LogP contribution in [0.5, 0.6) is 0 Å². The van der Waals surface area contributed by atoms with E-state index in [4.69, 9.17) is 0 Å². The largest absolute Gasteiger partial charge is 0.354 e. The molecule has 0 spiro atoms. The molecule has 0 aliphatic heterocycles. The van der Waals surface area contributed by atoms with Crippen LogP contribution in [-0.2, 0) is 0 Å². The van der Waals surface area contributed by atoms with Crippen molar-refractivity contribution in [3.63, 3.8) is 0 Å². The number of aromatic amines is 1. The van der Waals surface area contributed by atoms with Crippen LogP contribution in [0.15, 0.2) is 48.8 Å². The molecule has 0 bridgehead atoms. The lowest BCUT2D eigenvalue weighted by atomic mass is 10.1. The SMILES string of the molecule is Cc1cncc(-c2cc3ccccc3[nH]2)c1. The lowest BCUT2D eigenvalue weighted by molar-refractivity contribution is 1.26. The zero-order chi connectivity index (χ0) is 11.0. The smallest absolute Gasteiger partial charge is 0.0480 e. The van der Waals surface area contributed by atoms with Crippen LogP contribution in [0.3, 0.4) is 0 Å². The molecule has 0 aliphatic carbocycles. The topological polar surface area (TPSA) is 28.7 Å². The van der Waals surface area contributed by atoms with Crippen LogP contribution in [-0.4, -0.2) is 9.97 Å². The molecule has 3 rings (SSSR count). The Morgan fingerprint density at radius 2 is 1.94 bits per heavy atom. The van der Waals surface area contributed by atoms with Crippen molar-refractivity contribution in [1.82, 2.24) is 9.97 Å². The molecule has 0 fully saturated rings. The van der Waals surface area contributed by atoms with Gasteiger partial charge in [-0.1, -0.05) is 18.2 Å². The van der Waals surface area contributed by atoms with E-state index in [1.807, 2.05) is 18.5 Å². The lowest BCUT2D eigenvalue weighted by Crippen LogP contribution is -1.81. The highest BCUT2D eigenvalue weighted by Gasteiger charge is 2.02. The Kier molecular flexibility index (Phi) is 2.00. The fraction of sp³-hybridized carbons (Fsp3) is 0.0714. The first kappa shape index (κ1) is 9.16. The summed E-state index contributed by atoms with van der Waals surface area (Å²) in [5.74, 6) is 0.